The van der Waals surface area contributed by atoms with Crippen LogP contribution < -0.4 is 103 Å². The normalized spacial score (nSPS) is 6.56. The van der Waals surface area contributed by atoms with Crippen molar-refractivity contribution in [3.8, 4) is 17.2 Å². The third-order valence-corrected chi connectivity index (χ3v) is 1.39. The van der Waals surface area contributed by atoms with Crippen molar-refractivity contribution in [2.45, 2.75) is 47.8 Å². The Morgan fingerprint density at radius 2 is 0.875 bits per heavy atom. The van der Waals surface area contributed by atoms with E-state index < -0.39 is 45.5 Å². The first-order valence-corrected chi connectivity index (χ1v) is 11.0. The molecule has 0 saturated heterocycles. The van der Waals surface area contributed by atoms with E-state index in [1.807, 2.05) is 33.5 Å². The average molecular weight is 578 g/mol. The Bertz CT molecular complexity index is 399. The molecule has 0 unspecified atom stereocenters. The fraction of sp³-hybridized carbons (Fsp3) is 0.583. The third-order valence-electron chi connectivity index (χ3n) is 0.527. The molecule has 32 heavy (non-hydrogen) atoms. The maximum absolute atomic E-state index is 10.6. The van der Waals surface area contributed by atoms with Crippen LogP contribution in [0.5, 0.6) is 0 Å². The van der Waals surface area contributed by atoms with Gasteiger partial charge in [-0.2, -0.15) is 0 Å². The first kappa shape index (κ1) is 64.2. The molecule has 0 spiro atoms. The van der Waals surface area contributed by atoms with Crippen LogP contribution in [0.25, 0.3) is 0 Å². The zero-order valence-corrected chi connectivity index (χ0v) is 26.3. The minimum absolute atomic E-state index is 0. The number of hydrogen-bond donors (Lipinski definition) is 0. The molecule has 2 nitrogen and oxygen atoms in total. The van der Waals surface area contributed by atoms with Gasteiger partial charge < -0.3 is 26.3 Å². The van der Waals surface area contributed by atoms with Gasteiger partial charge in [-0.3, -0.25) is 21.6 Å². The van der Waals surface area contributed by atoms with E-state index in [1.165, 1.54) is 0 Å². The second-order valence-corrected chi connectivity index (χ2v) is 9.22. The predicted molar refractivity (Wildman–Crippen MR) is 99.3 cm³/mol. The maximum Gasteiger partial charge on any atom is 1.00 e. The Hall–Kier alpha value is 1.76. The van der Waals surface area contributed by atoms with Crippen molar-refractivity contribution in [3.63, 3.8) is 0 Å². The molecule has 0 aliphatic heterocycles. The summed E-state index contributed by atoms with van der Waals surface area (Å²) < 4.78 is 118. The first-order valence-electron chi connectivity index (χ1n) is 6.65. The van der Waals surface area contributed by atoms with Gasteiger partial charge in [0.05, 0.1) is 5.97 Å². The molecule has 0 radical (unpaired) electrons. The first-order chi connectivity index (χ1) is 12.9. The van der Waals surface area contributed by atoms with E-state index in [2.05, 4.69) is 11.2 Å². The largest absolute Gasteiger partial charge is 1.00 e. The van der Waals surface area contributed by atoms with Gasteiger partial charge in [0.15, 0.2) is 21.4 Å². The Morgan fingerprint density at radius 1 is 0.781 bits per heavy atom. The summed E-state index contributed by atoms with van der Waals surface area (Å²) in [6.45, 7) is 5.46. The summed E-state index contributed by atoms with van der Waals surface area (Å²) in [6, 6.07) is 0. The molecular formula is C12H22B2F12K2N2Si2. The summed E-state index contributed by atoms with van der Waals surface area (Å²) in [7, 11) is -8.41. The average Bonchev–Trinajstić information content (AvgIpc) is 2.55. The molecule has 0 rings (SSSR count). The molecule has 0 aromatic heterocycles. The molecule has 0 aromatic rings. The van der Waals surface area contributed by atoms with Crippen molar-refractivity contribution in [3.05, 3.63) is 13.4 Å². The second-order valence-electron chi connectivity index (χ2n) is 3.81. The van der Waals surface area contributed by atoms with Crippen LogP contribution in [-0.4, -0.2) is 32.2 Å². The van der Waals surface area contributed by atoms with Crippen LogP contribution in [0.1, 0.15) is 28.2 Å². The Balaban J connectivity index is -0.0000000221. The van der Waals surface area contributed by atoms with E-state index in [4.69, 9.17) is 10.5 Å². The topological polar surface area (TPSA) is 47.6 Å². The predicted octanol–water partition coefficient (Wildman–Crippen LogP) is 1.65. The van der Waals surface area contributed by atoms with Gasteiger partial charge in [0.2, 0.25) is 9.29 Å². The van der Waals surface area contributed by atoms with Gasteiger partial charge in [0.25, 0.3) is 0 Å². The molecule has 0 fully saturated rings. The number of rotatable bonds is 0. The summed E-state index contributed by atoms with van der Waals surface area (Å²) in [4.78, 5) is 0. The van der Waals surface area contributed by atoms with E-state index in [0.29, 0.717) is 5.97 Å². The molecule has 0 aliphatic carbocycles. The second kappa shape index (κ2) is 58.5. The minimum Gasteiger partial charge on any atom is -0.385 e. The number of nitriles is 2. The van der Waals surface area contributed by atoms with Crippen LogP contribution in [0.4, 0.5) is 52.0 Å². The van der Waals surface area contributed by atoms with E-state index >= 15 is 0 Å². The Morgan fingerprint density at radius 3 is 0.875 bits per heavy atom. The van der Waals surface area contributed by atoms with Crippen molar-refractivity contribution in [1.82, 2.24) is 0 Å². The SMILES string of the molecule is C.CC.CC#[Si]F.C[Si](C)(C)C#N.FB(F)F.F[C-](F)F.F[C-](F)F.N#CB(F)F.[K+].[K+]. The Kier molecular flexibility index (Phi) is 117. The molecule has 0 atom stereocenters. The molecular weight excluding hydrogens is 556 g/mol. The molecule has 0 heterocycles. The van der Waals surface area contributed by atoms with Gasteiger partial charge in [-0.05, 0) is 6.92 Å². The standard InChI is InChI=1S/C4H9NSi.C2H3FSi.C2H6.CBF2N.2CF3.CH4.BF3.2K/c1-6(2,3)4-5;1-2-4-3;1-2;3-2(4)1-5;2*2-1(3)4;;2-1(3)4;;/h1-3H3;1H3;1-2H3;;;;1H4;;;/q;;;;2*-1;;;2*+1. The van der Waals surface area contributed by atoms with Gasteiger partial charge in [0, 0.05) is 5.69 Å². The molecule has 0 N–H and O–H groups in total. The fourth-order valence-electron chi connectivity index (χ4n) is 0. The zero-order chi connectivity index (χ0) is 25.6. The minimum atomic E-state index is -3.67. The maximum atomic E-state index is 10.6. The molecule has 0 aromatic carbocycles. The van der Waals surface area contributed by atoms with E-state index in [9.17, 15) is 52.0 Å². The van der Waals surface area contributed by atoms with E-state index in [-0.39, 0.29) is 110 Å². The smallest absolute Gasteiger partial charge is 0.385 e. The molecule has 0 bridgehead atoms. The van der Waals surface area contributed by atoms with Crippen molar-refractivity contribution >= 4 is 32.2 Å². The van der Waals surface area contributed by atoms with Gasteiger partial charge >= 0.3 is 118 Å². The summed E-state index contributed by atoms with van der Waals surface area (Å²) >= 11 is 0. The number of nitrogens with zero attached hydrogens (tertiary/aromatic N) is 2. The Labute approximate surface area is 271 Å². The van der Waals surface area contributed by atoms with Crippen molar-refractivity contribution in [2.24, 2.45) is 0 Å². The van der Waals surface area contributed by atoms with Crippen LogP contribution in [0, 0.1) is 41.0 Å². The third kappa shape index (κ3) is 499. The van der Waals surface area contributed by atoms with Gasteiger partial charge in [-0.25, -0.2) is 14.6 Å². The van der Waals surface area contributed by atoms with Crippen LogP contribution in [-0.2, 0) is 0 Å². The van der Waals surface area contributed by atoms with Crippen LogP contribution >= 0.6 is 0 Å². The van der Waals surface area contributed by atoms with E-state index in [1.54, 1.807) is 6.92 Å². The van der Waals surface area contributed by atoms with Gasteiger partial charge in [-0.1, -0.05) is 40.9 Å². The number of hydrogen-bond acceptors (Lipinski definition) is 2. The van der Waals surface area contributed by atoms with Crippen molar-refractivity contribution in [2.75, 3.05) is 0 Å². The van der Waals surface area contributed by atoms with Crippen molar-refractivity contribution in [1.29, 1.82) is 10.5 Å². The van der Waals surface area contributed by atoms with Crippen molar-refractivity contribution < 1.29 is 155 Å². The molecule has 180 valence electrons. The van der Waals surface area contributed by atoms with Crippen LogP contribution in [0.15, 0.2) is 0 Å². The molecule has 0 amide bonds. The molecule has 0 saturated carbocycles. The summed E-state index contributed by atoms with van der Waals surface area (Å²) in [5, 5.41) is 15.4. The monoisotopic (exact) mass is 578 g/mol. The summed E-state index contributed by atoms with van der Waals surface area (Å²) in [5.74, 6) is 0.694. The quantitative estimate of drug-likeness (QED) is 0.190. The van der Waals surface area contributed by atoms with E-state index in [0.717, 1.165) is 0 Å². The van der Waals surface area contributed by atoms with Gasteiger partial charge in [0.1, 0.15) is 0 Å². The summed E-state index contributed by atoms with van der Waals surface area (Å²) in [5.41, 5.74) is 4.53. The van der Waals surface area contributed by atoms with Crippen LogP contribution in [0.2, 0.25) is 19.6 Å². The molecule has 0 aliphatic rings. The zero-order valence-electron chi connectivity index (χ0n) is 18.1. The van der Waals surface area contributed by atoms with Crippen LogP contribution in [0.3, 0.4) is 0 Å². The molecule has 20 heteroatoms. The summed E-state index contributed by atoms with van der Waals surface area (Å²) in [6.07, 6.45) is 0. The van der Waals surface area contributed by atoms with Gasteiger partial charge in [-0.15, -0.1) is 5.50 Å². The number of halogens is 12. The fourth-order valence-corrected chi connectivity index (χ4v) is 0.